The van der Waals surface area contributed by atoms with Crippen molar-refractivity contribution >= 4 is 5.97 Å². The van der Waals surface area contributed by atoms with E-state index in [1.54, 1.807) is 0 Å². The normalized spacial score (nSPS) is 24.5. The number of hydrogen-bond acceptors (Lipinski definition) is 3. The van der Waals surface area contributed by atoms with E-state index < -0.39 is 0 Å². The van der Waals surface area contributed by atoms with Gasteiger partial charge >= 0.3 is 5.97 Å². The van der Waals surface area contributed by atoms with E-state index in [2.05, 4.69) is 39.5 Å². The Kier molecular flexibility index (Phi) is 6.31. The van der Waals surface area contributed by atoms with Gasteiger partial charge in [0.05, 0.1) is 6.54 Å². The van der Waals surface area contributed by atoms with Crippen LogP contribution in [0, 0.1) is 11.3 Å². The molecule has 3 heteroatoms. The minimum atomic E-state index is -0.0529. The van der Waals surface area contributed by atoms with Gasteiger partial charge in [-0.25, -0.2) is 0 Å². The minimum absolute atomic E-state index is 0.0529. The molecule has 0 radical (unpaired) electrons. The molecule has 0 heterocycles. The molecule has 0 atom stereocenters. The first kappa shape index (κ1) is 16.5. The molecule has 1 aliphatic rings. The van der Waals surface area contributed by atoms with E-state index in [1.807, 2.05) is 0 Å². The summed E-state index contributed by atoms with van der Waals surface area (Å²) >= 11 is 0. The molecular weight excluding hydrogens is 238 g/mol. The van der Waals surface area contributed by atoms with Crippen molar-refractivity contribution in [1.29, 1.82) is 0 Å². The van der Waals surface area contributed by atoms with Gasteiger partial charge in [0.15, 0.2) is 0 Å². The average molecular weight is 269 g/mol. The Balaban J connectivity index is 2.31. The molecule has 0 unspecified atom stereocenters. The lowest BCUT2D eigenvalue weighted by atomic mass is 9.72. The number of esters is 1. The van der Waals surface area contributed by atoms with Crippen LogP contribution in [0.1, 0.15) is 60.3 Å². The molecule has 19 heavy (non-hydrogen) atoms. The number of nitrogens with zero attached hydrogens (tertiary/aromatic N) is 1. The zero-order chi connectivity index (χ0) is 14.5. The molecule has 0 N–H and O–H groups in total. The van der Waals surface area contributed by atoms with Crippen LogP contribution in [0.2, 0.25) is 0 Å². The van der Waals surface area contributed by atoms with Gasteiger partial charge in [0, 0.05) is 0 Å². The number of carbonyl (C=O) groups is 1. The highest BCUT2D eigenvalue weighted by molar-refractivity contribution is 5.71. The van der Waals surface area contributed by atoms with Crippen LogP contribution in [0.4, 0.5) is 0 Å². The van der Waals surface area contributed by atoms with Crippen molar-refractivity contribution in [3.63, 3.8) is 0 Å². The lowest BCUT2D eigenvalue weighted by molar-refractivity contribution is -0.152. The van der Waals surface area contributed by atoms with Crippen LogP contribution < -0.4 is 0 Å². The van der Waals surface area contributed by atoms with Gasteiger partial charge in [0.25, 0.3) is 0 Å². The topological polar surface area (TPSA) is 29.5 Å². The van der Waals surface area contributed by atoms with Gasteiger partial charge in [-0.15, -0.1) is 0 Å². The first-order valence-corrected chi connectivity index (χ1v) is 7.78. The molecule has 0 aromatic heterocycles. The predicted octanol–water partition coefficient (Wildman–Crippen LogP) is 3.48. The summed E-state index contributed by atoms with van der Waals surface area (Å²) in [7, 11) is 0. The third kappa shape index (κ3) is 5.52. The molecule has 1 saturated carbocycles. The second kappa shape index (κ2) is 7.28. The third-order valence-corrected chi connectivity index (χ3v) is 4.44. The van der Waals surface area contributed by atoms with Crippen LogP contribution in [0.15, 0.2) is 0 Å². The zero-order valence-corrected chi connectivity index (χ0v) is 13.4. The summed E-state index contributed by atoms with van der Waals surface area (Å²) in [6.07, 6.45) is 4.60. The third-order valence-electron chi connectivity index (χ3n) is 4.44. The lowest BCUT2D eigenvalue weighted by Gasteiger charge is -2.36. The summed E-state index contributed by atoms with van der Waals surface area (Å²) in [5.74, 6) is 0.716. The van der Waals surface area contributed by atoms with E-state index in [0.717, 1.165) is 31.8 Å². The second-order valence-corrected chi connectivity index (χ2v) is 6.79. The standard InChI is InChI=1S/C16H31NO2/c1-6-17(7-2)12-15(18)19-14-10-8-13(9-11-14)16(3,4)5/h13-14H,6-12H2,1-5H3. The maximum atomic E-state index is 11.9. The highest BCUT2D eigenvalue weighted by atomic mass is 16.5. The summed E-state index contributed by atoms with van der Waals surface area (Å²) in [6, 6.07) is 0. The van der Waals surface area contributed by atoms with Gasteiger partial charge in [-0.05, 0) is 50.1 Å². The molecular formula is C16H31NO2. The summed E-state index contributed by atoms with van der Waals surface area (Å²) in [4.78, 5) is 14.0. The molecule has 1 aliphatic carbocycles. The fourth-order valence-corrected chi connectivity index (χ4v) is 2.90. The Labute approximate surface area is 118 Å². The van der Waals surface area contributed by atoms with Crippen LogP contribution in [-0.2, 0) is 9.53 Å². The Bertz CT molecular complexity index is 271. The first-order chi connectivity index (χ1) is 8.86. The number of ether oxygens (including phenoxy) is 1. The van der Waals surface area contributed by atoms with Crippen molar-refractivity contribution in [2.45, 2.75) is 66.4 Å². The van der Waals surface area contributed by atoms with E-state index in [-0.39, 0.29) is 12.1 Å². The van der Waals surface area contributed by atoms with Gasteiger partial charge < -0.3 is 4.74 Å². The molecule has 0 bridgehead atoms. The first-order valence-electron chi connectivity index (χ1n) is 7.78. The van der Waals surface area contributed by atoms with Crippen molar-refractivity contribution in [2.24, 2.45) is 11.3 Å². The Morgan fingerprint density at radius 1 is 1.11 bits per heavy atom. The SMILES string of the molecule is CCN(CC)CC(=O)OC1CCC(C(C)(C)C)CC1. The van der Waals surface area contributed by atoms with Crippen molar-refractivity contribution in [3.05, 3.63) is 0 Å². The Morgan fingerprint density at radius 2 is 1.63 bits per heavy atom. The van der Waals surface area contributed by atoms with E-state index in [1.165, 1.54) is 12.8 Å². The Morgan fingerprint density at radius 3 is 2.05 bits per heavy atom. The summed E-state index contributed by atoms with van der Waals surface area (Å²) in [5.41, 5.74) is 0.385. The predicted molar refractivity (Wildman–Crippen MR) is 79.1 cm³/mol. The minimum Gasteiger partial charge on any atom is -0.461 e. The lowest BCUT2D eigenvalue weighted by Crippen LogP contribution is -2.35. The molecule has 0 aliphatic heterocycles. The summed E-state index contributed by atoms with van der Waals surface area (Å²) in [5, 5.41) is 0. The molecule has 1 rings (SSSR count). The molecule has 3 nitrogen and oxygen atoms in total. The molecule has 0 spiro atoms. The van der Waals surface area contributed by atoms with E-state index >= 15 is 0 Å². The maximum absolute atomic E-state index is 11.9. The van der Waals surface area contributed by atoms with Gasteiger partial charge in [-0.3, -0.25) is 9.69 Å². The molecule has 0 aromatic carbocycles. The fourth-order valence-electron chi connectivity index (χ4n) is 2.90. The van der Waals surface area contributed by atoms with Gasteiger partial charge in [-0.1, -0.05) is 34.6 Å². The fraction of sp³-hybridized carbons (Fsp3) is 0.938. The van der Waals surface area contributed by atoms with E-state index in [4.69, 9.17) is 4.74 Å². The zero-order valence-electron chi connectivity index (χ0n) is 13.4. The second-order valence-electron chi connectivity index (χ2n) is 6.79. The largest absolute Gasteiger partial charge is 0.461 e. The number of likely N-dealkylation sites (N-methyl/N-ethyl adjacent to an activating group) is 1. The van der Waals surface area contributed by atoms with Crippen molar-refractivity contribution in [1.82, 2.24) is 4.90 Å². The number of rotatable bonds is 5. The summed E-state index contributed by atoms with van der Waals surface area (Å²) < 4.78 is 5.61. The monoisotopic (exact) mass is 269 g/mol. The highest BCUT2D eigenvalue weighted by Crippen LogP contribution is 2.38. The van der Waals surface area contributed by atoms with Crippen LogP contribution in [-0.4, -0.2) is 36.6 Å². The smallest absolute Gasteiger partial charge is 0.320 e. The van der Waals surface area contributed by atoms with Crippen molar-refractivity contribution in [3.8, 4) is 0 Å². The quantitative estimate of drug-likeness (QED) is 0.716. The van der Waals surface area contributed by atoms with E-state index in [9.17, 15) is 4.79 Å². The molecule has 1 fully saturated rings. The molecule has 0 amide bonds. The summed E-state index contributed by atoms with van der Waals surface area (Å²) in [6.45, 7) is 13.3. The number of carbonyl (C=O) groups excluding carboxylic acids is 1. The number of hydrogen-bond donors (Lipinski definition) is 0. The van der Waals surface area contributed by atoms with Crippen LogP contribution in [0.25, 0.3) is 0 Å². The Hall–Kier alpha value is -0.570. The maximum Gasteiger partial charge on any atom is 0.320 e. The van der Waals surface area contributed by atoms with Crippen molar-refractivity contribution < 1.29 is 9.53 Å². The van der Waals surface area contributed by atoms with Gasteiger partial charge in [0.1, 0.15) is 6.10 Å². The van der Waals surface area contributed by atoms with Crippen LogP contribution in [0.3, 0.4) is 0 Å². The van der Waals surface area contributed by atoms with Gasteiger partial charge in [0.2, 0.25) is 0 Å². The van der Waals surface area contributed by atoms with Gasteiger partial charge in [-0.2, -0.15) is 0 Å². The average Bonchev–Trinajstić information content (AvgIpc) is 2.35. The van der Waals surface area contributed by atoms with Crippen molar-refractivity contribution in [2.75, 3.05) is 19.6 Å². The molecule has 0 saturated heterocycles. The van der Waals surface area contributed by atoms with Crippen LogP contribution >= 0.6 is 0 Å². The van der Waals surface area contributed by atoms with E-state index in [0.29, 0.717) is 12.0 Å². The molecule has 0 aromatic rings. The highest BCUT2D eigenvalue weighted by Gasteiger charge is 2.31. The van der Waals surface area contributed by atoms with Crippen LogP contribution in [0.5, 0.6) is 0 Å². The molecule has 112 valence electrons.